The summed E-state index contributed by atoms with van der Waals surface area (Å²) < 4.78 is 0. The highest BCUT2D eigenvalue weighted by molar-refractivity contribution is 5.27. The van der Waals surface area contributed by atoms with Crippen molar-refractivity contribution in [2.75, 3.05) is 0 Å². The smallest absolute Gasteiger partial charge is 0.00948 e. The highest BCUT2D eigenvalue weighted by Crippen LogP contribution is 2.16. The molecule has 0 N–H and O–H groups in total. The standard InChI is InChI=1S/C15H22/c1-5-13(4)9-10-14-7-6-8-15(11-14)12(2)3/h6-9,11-12H,5,10H2,1-4H3/b13-9+. The number of rotatable bonds is 4. The summed E-state index contributed by atoms with van der Waals surface area (Å²) in [5, 5.41) is 0. The Labute approximate surface area is 94.0 Å². The fraction of sp³-hybridized carbons (Fsp3) is 0.467. The molecule has 0 aliphatic carbocycles. The summed E-state index contributed by atoms with van der Waals surface area (Å²) in [6, 6.07) is 8.92. The Bertz CT molecular complexity index is 332. The quantitative estimate of drug-likeness (QED) is 0.620. The monoisotopic (exact) mass is 202 g/mol. The second kappa shape index (κ2) is 5.75. The number of hydrogen-bond acceptors (Lipinski definition) is 0. The SMILES string of the molecule is CC/C(C)=C/Cc1cccc(C(C)C)c1. The van der Waals surface area contributed by atoms with Crippen molar-refractivity contribution in [3.05, 3.63) is 47.0 Å². The molecule has 0 bridgehead atoms. The van der Waals surface area contributed by atoms with E-state index in [-0.39, 0.29) is 0 Å². The zero-order chi connectivity index (χ0) is 11.3. The van der Waals surface area contributed by atoms with Gasteiger partial charge in [0.15, 0.2) is 0 Å². The van der Waals surface area contributed by atoms with Crippen LogP contribution in [0.2, 0.25) is 0 Å². The van der Waals surface area contributed by atoms with Gasteiger partial charge >= 0.3 is 0 Å². The van der Waals surface area contributed by atoms with Crippen molar-refractivity contribution in [3.8, 4) is 0 Å². The molecule has 0 fully saturated rings. The Morgan fingerprint density at radius 2 is 2.07 bits per heavy atom. The fourth-order valence-electron chi connectivity index (χ4n) is 1.52. The van der Waals surface area contributed by atoms with Gasteiger partial charge in [0.25, 0.3) is 0 Å². The highest BCUT2D eigenvalue weighted by atomic mass is 14.0. The van der Waals surface area contributed by atoms with Crippen LogP contribution in [0.1, 0.15) is 51.2 Å². The summed E-state index contributed by atoms with van der Waals surface area (Å²) in [6.45, 7) is 8.89. The largest absolute Gasteiger partial charge is 0.0812 e. The van der Waals surface area contributed by atoms with Crippen molar-refractivity contribution in [2.24, 2.45) is 0 Å². The molecule has 0 saturated carbocycles. The molecule has 0 saturated heterocycles. The molecule has 1 rings (SSSR count). The number of hydrogen-bond donors (Lipinski definition) is 0. The van der Waals surface area contributed by atoms with Crippen LogP contribution in [0, 0.1) is 0 Å². The van der Waals surface area contributed by atoms with E-state index >= 15 is 0 Å². The Morgan fingerprint density at radius 1 is 1.33 bits per heavy atom. The molecule has 0 atom stereocenters. The second-order valence-electron chi connectivity index (χ2n) is 4.51. The van der Waals surface area contributed by atoms with Gasteiger partial charge in [0.05, 0.1) is 0 Å². The van der Waals surface area contributed by atoms with Gasteiger partial charge in [0.1, 0.15) is 0 Å². The molecule has 0 amide bonds. The van der Waals surface area contributed by atoms with Crippen molar-refractivity contribution in [2.45, 2.75) is 46.5 Å². The molecule has 1 aromatic rings. The van der Waals surface area contributed by atoms with E-state index in [0.29, 0.717) is 5.92 Å². The maximum absolute atomic E-state index is 2.33. The van der Waals surface area contributed by atoms with Gasteiger partial charge < -0.3 is 0 Å². The molecule has 0 aliphatic heterocycles. The average molecular weight is 202 g/mol. The molecule has 0 radical (unpaired) electrons. The summed E-state index contributed by atoms with van der Waals surface area (Å²) in [7, 11) is 0. The van der Waals surface area contributed by atoms with Crippen molar-refractivity contribution < 1.29 is 0 Å². The molecule has 1 aromatic carbocycles. The lowest BCUT2D eigenvalue weighted by atomic mass is 9.99. The van der Waals surface area contributed by atoms with Gasteiger partial charge in [-0.05, 0) is 36.8 Å². The topological polar surface area (TPSA) is 0 Å². The van der Waals surface area contributed by atoms with Crippen LogP contribution in [0.25, 0.3) is 0 Å². The molecule has 15 heavy (non-hydrogen) atoms. The predicted molar refractivity (Wildman–Crippen MR) is 68.3 cm³/mol. The zero-order valence-corrected chi connectivity index (χ0v) is 10.4. The third kappa shape index (κ3) is 3.91. The molecule has 0 spiro atoms. The van der Waals surface area contributed by atoms with E-state index in [2.05, 4.69) is 58.0 Å². The van der Waals surface area contributed by atoms with E-state index in [1.165, 1.54) is 16.7 Å². The van der Waals surface area contributed by atoms with Gasteiger partial charge in [-0.3, -0.25) is 0 Å². The Morgan fingerprint density at radius 3 is 2.67 bits per heavy atom. The lowest BCUT2D eigenvalue weighted by Crippen LogP contribution is -1.90. The molecule has 0 aromatic heterocycles. The minimum atomic E-state index is 0.626. The summed E-state index contributed by atoms with van der Waals surface area (Å²) >= 11 is 0. The summed E-state index contributed by atoms with van der Waals surface area (Å²) in [6.07, 6.45) is 4.56. The Balaban J connectivity index is 2.74. The van der Waals surface area contributed by atoms with E-state index in [1.54, 1.807) is 0 Å². The molecule has 0 unspecified atom stereocenters. The lowest BCUT2D eigenvalue weighted by molar-refractivity contribution is 0.863. The second-order valence-corrected chi connectivity index (χ2v) is 4.51. The number of benzene rings is 1. The molecule has 0 nitrogen and oxygen atoms in total. The van der Waals surface area contributed by atoms with Gasteiger partial charge in [-0.1, -0.05) is 56.7 Å². The molecular weight excluding hydrogens is 180 g/mol. The van der Waals surface area contributed by atoms with E-state index in [9.17, 15) is 0 Å². The van der Waals surface area contributed by atoms with E-state index in [0.717, 1.165) is 12.8 Å². The van der Waals surface area contributed by atoms with Crippen molar-refractivity contribution >= 4 is 0 Å². The third-order valence-corrected chi connectivity index (χ3v) is 2.86. The highest BCUT2D eigenvalue weighted by Gasteiger charge is 1.99. The maximum Gasteiger partial charge on any atom is -0.00948 e. The maximum atomic E-state index is 2.33. The van der Waals surface area contributed by atoms with Gasteiger partial charge in [-0.2, -0.15) is 0 Å². The van der Waals surface area contributed by atoms with Crippen LogP contribution in [-0.4, -0.2) is 0 Å². The summed E-state index contributed by atoms with van der Waals surface area (Å²) in [5.74, 6) is 0.626. The van der Waals surface area contributed by atoms with Crippen molar-refractivity contribution in [1.82, 2.24) is 0 Å². The predicted octanol–water partition coefficient (Wildman–Crippen LogP) is 4.71. The van der Waals surface area contributed by atoms with Gasteiger partial charge in [0.2, 0.25) is 0 Å². The molecule has 0 heterocycles. The third-order valence-electron chi connectivity index (χ3n) is 2.86. The van der Waals surface area contributed by atoms with E-state index in [1.807, 2.05) is 0 Å². The number of allylic oxidation sites excluding steroid dienone is 2. The first-order valence-electron chi connectivity index (χ1n) is 5.88. The lowest BCUT2D eigenvalue weighted by Gasteiger charge is -2.07. The van der Waals surface area contributed by atoms with Crippen molar-refractivity contribution in [3.63, 3.8) is 0 Å². The van der Waals surface area contributed by atoms with Crippen LogP contribution in [0.15, 0.2) is 35.9 Å². The van der Waals surface area contributed by atoms with E-state index in [4.69, 9.17) is 0 Å². The first kappa shape index (κ1) is 12.0. The summed E-state index contributed by atoms with van der Waals surface area (Å²) in [4.78, 5) is 0. The molecule has 0 heteroatoms. The van der Waals surface area contributed by atoms with E-state index < -0.39 is 0 Å². The minimum Gasteiger partial charge on any atom is -0.0812 e. The summed E-state index contributed by atoms with van der Waals surface area (Å²) in [5.41, 5.74) is 4.34. The minimum absolute atomic E-state index is 0.626. The Kier molecular flexibility index (Phi) is 4.61. The molecule has 82 valence electrons. The van der Waals surface area contributed by atoms with Crippen LogP contribution in [0.4, 0.5) is 0 Å². The van der Waals surface area contributed by atoms with Gasteiger partial charge in [-0.25, -0.2) is 0 Å². The first-order valence-corrected chi connectivity index (χ1v) is 5.88. The molecule has 0 aliphatic rings. The van der Waals surface area contributed by atoms with Gasteiger partial charge in [0, 0.05) is 0 Å². The van der Waals surface area contributed by atoms with Gasteiger partial charge in [-0.15, -0.1) is 0 Å². The fourth-order valence-corrected chi connectivity index (χ4v) is 1.52. The van der Waals surface area contributed by atoms with Crippen LogP contribution >= 0.6 is 0 Å². The average Bonchev–Trinajstić information content (AvgIpc) is 2.26. The normalized spacial score (nSPS) is 12.2. The zero-order valence-electron chi connectivity index (χ0n) is 10.4. The van der Waals surface area contributed by atoms with Crippen LogP contribution < -0.4 is 0 Å². The van der Waals surface area contributed by atoms with Crippen LogP contribution in [0.5, 0.6) is 0 Å². The van der Waals surface area contributed by atoms with Crippen molar-refractivity contribution in [1.29, 1.82) is 0 Å². The first-order chi connectivity index (χ1) is 7.13. The van der Waals surface area contributed by atoms with Crippen LogP contribution in [-0.2, 0) is 6.42 Å². The molecular formula is C15H22. The Hall–Kier alpha value is -1.04. The van der Waals surface area contributed by atoms with Crippen LogP contribution in [0.3, 0.4) is 0 Å².